The van der Waals surface area contributed by atoms with Gasteiger partial charge in [-0.3, -0.25) is 0 Å². The summed E-state index contributed by atoms with van der Waals surface area (Å²) in [5, 5.41) is 10.0. The lowest BCUT2D eigenvalue weighted by Gasteiger charge is -1.97. The molecule has 0 amide bonds. The molecule has 0 spiro atoms. The summed E-state index contributed by atoms with van der Waals surface area (Å²) in [5.74, 6) is 0. The number of H-pyrrole nitrogens is 1. The highest BCUT2D eigenvalue weighted by Gasteiger charge is 2.05. The summed E-state index contributed by atoms with van der Waals surface area (Å²) in [5.41, 5.74) is 2.27. The average Bonchev–Trinajstić information content (AvgIpc) is 2.51. The number of nitrogens with one attached hydrogen (secondary N) is 1. The van der Waals surface area contributed by atoms with Crippen LogP contribution in [-0.4, -0.2) is 16.7 Å². The summed E-state index contributed by atoms with van der Waals surface area (Å²) in [6, 6.07) is 6.03. The molecule has 1 heterocycles. The molecular weight excluding hydrogens is 230 g/mol. The van der Waals surface area contributed by atoms with Gasteiger partial charge in [0.15, 0.2) is 0 Å². The molecule has 2 N–H and O–H groups in total. The van der Waals surface area contributed by atoms with E-state index in [1.54, 1.807) is 0 Å². The van der Waals surface area contributed by atoms with Crippen molar-refractivity contribution in [3.05, 3.63) is 34.4 Å². The standard InChI is InChI=1S/C10H10BrNO/c11-8-2-1-3-9-10(8)7(4-5-13)6-12-9/h1-3,6,12-13H,4-5H2. The lowest BCUT2D eigenvalue weighted by atomic mass is 10.1. The van der Waals surface area contributed by atoms with E-state index >= 15 is 0 Å². The Morgan fingerprint density at radius 1 is 1.38 bits per heavy atom. The quantitative estimate of drug-likeness (QED) is 0.831. The van der Waals surface area contributed by atoms with Crippen LogP contribution in [0.15, 0.2) is 28.9 Å². The minimum absolute atomic E-state index is 0.189. The van der Waals surface area contributed by atoms with Gasteiger partial charge in [0.2, 0.25) is 0 Å². The van der Waals surface area contributed by atoms with Gasteiger partial charge in [-0.05, 0) is 24.1 Å². The second-order valence-corrected chi connectivity index (χ2v) is 3.80. The summed E-state index contributed by atoms with van der Waals surface area (Å²) in [6.07, 6.45) is 2.65. The molecule has 2 aromatic rings. The van der Waals surface area contributed by atoms with Crippen LogP contribution in [0.4, 0.5) is 0 Å². The molecule has 0 fully saturated rings. The van der Waals surface area contributed by atoms with Crippen LogP contribution >= 0.6 is 15.9 Å². The fraction of sp³-hybridized carbons (Fsp3) is 0.200. The predicted octanol–water partition coefficient (Wildman–Crippen LogP) is 2.47. The number of fused-ring (bicyclic) bond motifs is 1. The molecule has 68 valence electrons. The SMILES string of the molecule is OCCc1c[nH]c2cccc(Br)c12. The van der Waals surface area contributed by atoms with Gasteiger partial charge < -0.3 is 10.1 Å². The summed E-state index contributed by atoms with van der Waals surface area (Å²) in [4.78, 5) is 3.17. The van der Waals surface area contributed by atoms with Gasteiger partial charge in [-0.2, -0.15) is 0 Å². The topological polar surface area (TPSA) is 36.0 Å². The first-order valence-corrected chi connectivity index (χ1v) is 4.97. The van der Waals surface area contributed by atoms with Crippen LogP contribution in [0.3, 0.4) is 0 Å². The van der Waals surface area contributed by atoms with Gasteiger partial charge in [-0.15, -0.1) is 0 Å². The first kappa shape index (κ1) is 8.78. The molecule has 2 nitrogen and oxygen atoms in total. The van der Waals surface area contributed by atoms with Gasteiger partial charge in [0.05, 0.1) is 0 Å². The highest BCUT2D eigenvalue weighted by Crippen LogP contribution is 2.26. The third kappa shape index (κ3) is 1.49. The summed E-state index contributed by atoms with van der Waals surface area (Å²) in [7, 11) is 0. The lowest BCUT2D eigenvalue weighted by molar-refractivity contribution is 0.300. The number of aromatic amines is 1. The van der Waals surface area contributed by atoms with Crippen molar-refractivity contribution in [3.8, 4) is 0 Å². The number of aliphatic hydroxyl groups excluding tert-OH is 1. The summed E-state index contributed by atoms with van der Waals surface area (Å²) < 4.78 is 1.08. The number of rotatable bonds is 2. The molecule has 13 heavy (non-hydrogen) atoms. The first-order chi connectivity index (χ1) is 6.33. The van der Waals surface area contributed by atoms with Crippen molar-refractivity contribution in [3.63, 3.8) is 0 Å². The second kappa shape index (κ2) is 3.52. The van der Waals surface area contributed by atoms with Crippen molar-refractivity contribution in [1.29, 1.82) is 0 Å². The summed E-state index contributed by atoms with van der Waals surface area (Å²) in [6.45, 7) is 0.189. The Hall–Kier alpha value is -0.800. The number of hydrogen-bond donors (Lipinski definition) is 2. The monoisotopic (exact) mass is 239 g/mol. The molecule has 1 aromatic heterocycles. The van der Waals surface area contributed by atoms with Crippen LogP contribution in [0.25, 0.3) is 10.9 Å². The van der Waals surface area contributed by atoms with Crippen molar-refractivity contribution < 1.29 is 5.11 Å². The number of hydrogen-bond acceptors (Lipinski definition) is 1. The van der Waals surface area contributed by atoms with Crippen LogP contribution in [0.5, 0.6) is 0 Å². The minimum atomic E-state index is 0.189. The van der Waals surface area contributed by atoms with Crippen molar-refractivity contribution in [1.82, 2.24) is 4.98 Å². The van der Waals surface area contributed by atoms with E-state index in [2.05, 4.69) is 20.9 Å². The molecule has 0 atom stereocenters. The van der Waals surface area contributed by atoms with Crippen molar-refractivity contribution >= 4 is 26.8 Å². The van der Waals surface area contributed by atoms with Gasteiger partial charge in [0.25, 0.3) is 0 Å². The molecule has 3 heteroatoms. The van der Waals surface area contributed by atoms with Crippen LogP contribution in [0.2, 0.25) is 0 Å². The Morgan fingerprint density at radius 3 is 3.00 bits per heavy atom. The normalized spacial score (nSPS) is 10.9. The molecular formula is C10H10BrNO. The maximum absolute atomic E-state index is 8.86. The fourth-order valence-electron chi connectivity index (χ4n) is 1.53. The first-order valence-electron chi connectivity index (χ1n) is 4.18. The Morgan fingerprint density at radius 2 is 2.23 bits per heavy atom. The van der Waals surface area contributed by atoms with E-state index in [9.17, 15) is 0 Å². The number of halogens is 1. The van der Waals surface area contributed by atoms with E-state index in [1.807, 2.05) is 24.4 Å². The predicted molar refractivity (Wildman–Crippen MR) is 56.8 cm³/mol. The van der Waals surface area contributed by atoms with Crippen LogP contribution in [0, 0.1) is 0 Å². The summed E-state index contributed by atoms with van der Waals surface area (Å²) >= 11 is 3.50. The molecule has 2 rings (SSSR count). The van der Waals surface area contributed by atoms with E-state index in [1.165, 1.54) is 5.39 Å². The van der Waals surface area contributed by atoms with Gasteiger partial charge in [0.1, 0.15) is 0 Å². The van der Waals surface area contributed by atoms with E-state index in [-0.39, 0.29) is 6.61 Å². The van der Waals surface area contributed by atoms with Gasteiger partial charge in [0, 0.05) is 28.2 Å². The molecule has 0 aliphatic carbocycles. The van der Waals surface area contributed by atoms with Crippen molar-refractivity contribution in [2.24, 2.45) is 0 Å². The zero-order valence-electron chi connectivity index (χ0n) is 7.05. The smallest absolute Gasteiger partial charge is 0.0472 e. The molecule has 0 radical (unpaired) electrons. The van der Waals surface area contributed by atoms with Crippen molar-refractivity contribution in [2.75, 3.05) is 6.61 Å². The second-order valence-electron chi connectivity index (χ2n) is 2.95. The molecule has 0 saturated carbocycles. The minimum Gasteiger partial charge on any atom is -0.396 e. The van der Waals surface area contributed by atoms with Gasteiger partial charge >= 0.3 is 0 Å². The highest BCUT2D eigenvalue weighted by molar-refractivity contribution is 9.10. The largest absolute Gasteiger partial charge is 0.396 e. The Balaban J connectivity index is 2.64. The fourth-order valence-corrected chi connectivity index (χ4v) is 2.15. The number of aromatic nitrogens is 1. The van der Waals surface area contributed by atoms with E-state index < -0.39 is 0 Å². The molecule has 0 aliphatic heterocycles. The van der Waals surface area contributed by atoms with Crippen molar-refractivity contribution in [2.45, 2.75) is 6.42 Å². The van der Waals surface area contributed by atoms with E-state index in [0.717, 1.165) is 15.6 Å². The zero-order chi connectivity index (χ0) is 9.26. The van der Waals surface area contributed by atoms with E-state index in [0.29, 0.717) is 6.42 Å². The van der Waals surface area contributed by atoms with Crippen LogP contribution in [0.1, 0.15) is 5.56 Å². The van der Waals surface area contributed by atoms with Gasteiger partial charge in [-0.1, -0.05) is 22.0 Å². The molecule has 1 aromatic carbocycles. The number of aliphatic hydroxyl groups is 1. The maximum Gasteiger partial charge on any atom is 0.0472 e. The van der Waals surface area contributed by atoms with Gasteiger partial charge in [-0.25, -0.2) is 0 Å². The zero-order valence-corrected chi connectivity index (χ0v) is 8.63. The Kier molecular flexibility index (Phi) is 2.38. The van der Waals surface area contributed by atoms with E-state index in [4.69, 9.17) is 5.11 Å². The third-order valence-corrected chi connectivity index (χ3v) is 2.78. The number of benzene rings is 1. The average molecular weight is 240 g/mol. The Labute approximate surface area is 84.7 Å². The van der Waals surface area contributed by atoms with Crippen LogP contribution < -0.4 is 0 Å². The molecule has 0 saturated heterocycles. The van der Waals surface area contributed by atoms with Crippen LogP contribution in [-0.2, 0) is 6.42 Å². The molecule has 0 aliphatic rings. The highest BCUT2D eigenvalue weighted by atomic mass is 79.9. The maximum atomic E-state index is 8.86. The third-order valence-electron chi connectivity index (χ3n) is 2.12. The lowest BCUT2D eigenvalue weighted by Crippen LogP contribution is -1.88. The molecule has 0 unspecified atom stereocenters. The molecule has 0 bridgehead atoms. The Bertz CT molecular complexity index is 422.